The number of amides is 1. The van der Waals surface area contributed by atoms with Crippen molar-refractivity contribution in [3.05, 3.63) is 0 Å². The van der Waals surface area contributed by atoms with Gasteiger partial charge in [-0.25, -0.2) is 0 Å². The van der Waals surface area contributed by atoms with Crippen molar-refractivity contribution in [2.75, 3.05) is 45.8 Å². The number of carbonyl (C=O) groups is 1. The molecule has 2 heterocycles. The van der Waals surface area contributed by atoms with Gasteiger partial charge in [-0.05, 0) is 32.9 Å². The lowest BCUT2D eigenvalue weighted by Gasteiger charge is -2.35. The zero-order valence-corrected chi connectivity index (χ0v) is 12.3. The van der Waals surface area contributed by atoms with Crippen LogP contribution in [0.25, 0.3) is 0 Å². The first kappa shape index (κ1) is 14.8. The Balaban J connectivity index is 1.79. The highest BCUT2D eigenvalue weighted by molar-refractivity contribution is 5.81. The Morgan fingerprint density at radius 3 is 2.79 bits per heavy atom. The number of nitrogens with zero attached hydrogens (tertiary/aromatic N) is 2. The Hall–Kier alpha value is -0.650. The van der Waals surface area contributed by atoms with E-state index < -0.39 is 0 Å². The predicted molar refractivity (Wildman–Crippen MR) is 77.2 cm³/mol. The SMILES string of the molecule is CCN1CCCC(NC(=O)C(C)N2CCNCC2)C1. The minimum absolute atomic E-state index is 0.000830. The van der Waals surface area contributed by atoms with Gasteiger partial charge in [0, 0.05) is 38.8 Å². The van der Waals surface area contributed by atoms with Crippen molar-refractivity contribution in [3.63, 3.8) is 0 Å². The van der Waals surface area contributed by atoms with E-state index in [1.165, 1.54) is 13.0 Å². The molecule has 0 aromatic rings. The maximum Gasteiger partial charge on any atom is 0.237 e. The maximum absolute atomic E-state index is 12.3. The van der Waals surface area contributed by atoms with E-state index in [1.54, 1.807) is 0 Å². The number of nitrogens with one attached hydrogen (secondary N) is 2. The van der Waals surface area contributed by atoms with Gasteiger partial charge in [0.05, 0.1) is 6.04 Å². The number of piperazine rings is 1. The van der Waals surface area contributed by atoms with Gasteiger partial charge >= 0.3 is 0 Å². The van der Waals surface area contributed by atoms with Gasteiger partial charge in [-0.15, -0.1) is 0 Å². The van der Waals surface area contributed by atoms with Crippen molar-refractivity contribution in [2.24, 2.45) is 0 Å². The summed E-state index contributed by atoms with van der Waals surface area (Å²) in [5.41, 5.74) is 0. The molecule has 2 N–H and O–H groups in total. The zero-order chi connectivity index (χ0) is 13.7. The largest absolute Gasteiger partial charge is 0.351 e. The monoisotopic (exact) mass is 268 g/mol. The zero-order valence-electron chi connectivity index (χ0n) is 12.3. The van der Waals surface area contributed by atoms with Gasteiger partial charge in [0.25, 0.3) is 0 Å². The van der Waals surface area contributed by atoms with Crippen LogP contribution in [0.2, 0.25) is 0 Å². The van der Waals surface area contributed by atoms with E-state index >= 15 is 0 Å². The highest BCUT2D eigenvalue weighted by Crippen LogP contribution is 2.10. The Morgan fingerprint density at radius 1 is 1.37 bits per heavy atom. The molecule has 2 atom stereocenters. The number of rotatable bonds is 4. The molecule has 0 aliphatic carbocycles. The fourth-order valence-corrected chi connectivity index (χ4v) is 3.02. The van der Waals surface area contributed by atoms with E-state index in [1.807, 2.05) is 6.92 Å². The molecule has 2 rings (SSSR count). The average molecular weight is 268 g/mol. The second-order valence-electron chi connectivity index (χ2n) is 5.70. The fourth-order valence-electron chi connectivity index (χ4n) is 3.02. The molecule has 19 heavy (non-hydrogen) atoms. The van der Waals surface area contributed by atoms with Crippen LogP contribution in [0.15, 0.2) is 0 Å². The van der Waals surface area contributed by atoms with Crippen molar-refractivity contribution in [2.45, 2.75) is 38.8 Å². The van der Waals surface area contributed by atoms with Crippen molar-refractivity contribution >= 4 is 5.91 Å². The van der Waals surface area contributed by atoms with Crippen molar-refractivity contribution < 1.29 is 4.79 Å². The van der Waals surface area contributed by atoms with Gasteiger partial charge in [0.15, 0.2) is 0 Å². The summed E-state index contributed by atoms with van der Waals surface area (Å²) < 4.78 is 0. The topological polar surface area (TPSA) is 47.6 Å². The van der Waals surface area contributed by atoms with E-state index in [2.05, 4.69) is 27.4 Å². The highest BCUT2D eigenvalue weighted by Gasteiger charge is 2.26. The van der Waals surface area contributed by atoms with Crippen molar-refractivity contribution in [1.82, 2.24) is 20.4 Å². The van der Waals surface area contributed by atoms with Crippen LogP contribution < -0.4 is 10.6 Å². The molecule has 5 nitrogen and oxygen atoms in total. The van der Waals surface area contributed by atoms with E-state index in [-0.39, 0.29) is 11.9 Å². The van der Waals surface area contributed by atoms with Crippen molar-refractivity contribution in [3.8, 4) is 0 Å². The molecule has 2 aliphatic heterocycles. The highest BCUT2D eigenvalue weighted by atomic mass is 16.2. The van der Waals surface area contributed by atoms with Crippen LogP contribution in [0, 0.1) is 0 Å². The molecule has 2 unspecified atom stereocenters. The number of hydrogen-bond acceptors (Lipinski definition) is 4. The molecule has 0 aromatic heterocycles. The Morgan fingerprint density at radius 2 is 2.11 bits per heavy atom. The third-order valence-electron chi connectivity index (χ3n) is 4.38. The molecule has 0 saturated carbocycles. The minimum Gasteiger partial charge on any atom is -0.351 e. The minimum atomic E-state index is -0.000830. The predicted octanol–water partition coefficient (Wildman–Crippen LogP) is -0.119. The molecule has 5 heteroatoms. The van der Waals surface area contributed by atoms with E-state index in [0.29, 0.717) is 6.04 Å². The number of hydrogen-bond donors (Lipinski definition) is 2. The van der Waals surface area contributed by atoms with Crippen LogP contribution in [0.3, 0.4) is 0 Å². The first-order chi connectivity index (χ1) is 9.20. The van der Waals surface area contributed by atoms with Gasteiger partial charge in [-0.1, -0.05) is 6.92 Å². The Kier molecular flexibility index (Phi) is 5.60. The molecule has 0 spiro atoms. The van der Waals surface area contributed by atoms with E-state index in [4.69, 9.17) is 0 Å². The number of carbonyl (C=O) groups excluding carboxylic acids is 1. The molecule has 2 aliphatic rings. The number of piperidine rings is 1. The lowest BCUT2D eigenvalue weighted by atomic mass is 10.1. The van der Waals surface area contributed by atoms with Crippen LogP contribution in [0.5, 0.6) is 0 Å². The molecule has 0 radical (unpaired) electrons. The van der Waals surface area contributed by atoms with Crippen LogP contribution >= 0.6 is 0 Å². The molecule has 0 aromatic carbocycles. The van der Waals surface area contributed by atoms with Crippen LogP contribution in [-0.4, -0.2) is 73.6 Å². The summed E-state index contributed by atoms with van der Waals surface area (Å²) in [5.74, 6) is 0.199. The summed E-state index contributed by atoms with van der Waals surface area (Å²) >= 11 is 0. The summed E-state index contributed by atoms with van der Waals surface area (Å²) in [6, 6.07) is 0.339. The van der Waals surface area contributed by atoms with Crippen LogP contribution in [-0.2, 0) is 4.79 Å². The molecule has 2 fully saturated rings. The second-order valence-corrected chi connectivity index (χ2v) is 5.70. The molecule has 0 bridgehead atoms. The standard InChI is InChI=1S/C14H28N4O/c1-3-17-8-4-5-13(11-17)16-14(19)12(2)18-9-6-15-7-10-18/h12-13,15H,3-11H2,1-2H3,(H,16,19). The normalized spacial score (nSPS) is 28.0. The fraction of sp³-hybridized carbons (Fsp3) is 0.929. The van der Waals surface area contributed by atoms with E-state index in [0.717, 1.165) is 45.7 Å². The summed E-state index contributed by atoms with van der Waals surface area (Å²) in [4.78, 5) is 17.0. The van der Waals surface area contributed by atoms with E-state index in [9.17, 15) is 4.79 Å². The number of likely N-dealkylation sites (N-methyl/N-ethyl adjacent to an activating group) is 1. The second kappa shape index (κ2) is 7.22. The van der Waals surface area contributed by atoms with Gasteiger partial charge in [-0.2, -0.15) is 0 Å². The lowest BCUT2D eigenvalue weighted by Crippen LogP contribution is -2.56. The van der Waals surface area contributed by atoms with Crippen LogP contribution in [0.4, 0.5) is 0 Å². The molecule has 2 saturated heterocycles. The average Bonchev–Trinajstić information content (AvgIpc) is 2.47. The molecule has 110 valence electrons. The third-order valence-corrected chi connectivity index (χ3v) is 4.38. The maximum atomic E-state index is 12.3. The molecular formula is C14H28N4O. The van der Waals surface area contributed by atoms with Crippen molar-refractivity contribution in [1.29, 1.82) is 0 Å². The first-order valence-corrected chi connectivity index (χ1v) is 7.68. The third kappa shape index (κ3) is 4.16. The van der Waals surface area contributed by atoms with Gasteiger partial charge in [-0.3, -0.25) is 9.69 Å². The van der Waals surface area contributed by atoms with Gasteiger partial charge < -0.3 is 15.5 Å². The number of likely N-dealkylation sites (tertiary alicyclic amines) is 1. The van der Waals surface area contributed by atoms with Crippen LogP contribution in [0.1, 0.15) is 26.7 Å². The Bertz CT molecular complexity index is 291. The lowest BCUT2D eigenvalue weighted by molar-refractivity contribution is -0.127. The first-order valence-electron chi connectivity index (χ1n) is 7.68. The summed E-state index contributed by atoms with van der Waals surface area (Å²) in [6.07, 6.45) is 2.32. The molecular weight excluding hydrogens is 240 g/mol. The summed E-state index contributed by atoms with van der Waals surface area (Å²) in [7, 11) is 0. The smallest absolute Gasteiger partial charge is 0.237 e. The van der Waals surface area contributed by atoms with Gasteiger partial charge in [0.2, 0.25) is 5.91 Å². The summed E-state index contributed by atoms with van der Waals surface area (Å²) in [6.45, 7) is 11.4. The quantitative estimate of drug-likeness (QED) is 0.746. The summed E-state index contributed by atoms with van der Waals surface area (Å²) in [5, 5.41) is 6.56. The molecule has 1 amide bonds. The van der Waals surface area contributed by atoms with Gasteiger partial charge in [0.1, 0.15) is 0 Å². The Labute approximate surface area is 116 Å².